The number of para-hydroxylation sites is 3. The van der Waals surface area contributed by atoms with Gasteiger partial charge in [-0.2, -0.15) is 0 Å². The first kappa shape index (κ1) is 82.7. The first-order chi connectivity index (χ1) is 47.6. The second kappa shape index (κ2) is 48.1. The summed E-state index contributed by atoms with van der Waals surface area (Å²) in [6.45, 7) is 2.48. The first-order valence-electron chi connectivity index (χ1n) is 33.9. The second-order valence-electron chi connectivity index (χ2n) is 24.9. The second-order valence-corrected chi connectivity index (χ2v) is 24.9. The third-order valence-electron chi connectivity index (χ3n) is 15.5. The van der Waals surface area contributed by atoms with Gasteiger partial charge in [0, 0.05) is 51.7 Å². The number of unbranched alkanes of at least 4 members (excludes halogenated alkanes) is 3. The van der Waals surface area contributed by atoms with Crippen molar-refractivity contribution in [2.24, 2.45) is 0 Å². The Bertz CT molecular complexity index is 3090. The fraction of sp³-hybridized carbons (Fsp3) is 0.474. The zero-order valence-electron chi connectivity index (χ0n) is 59.5. The van der Waals surface area contributed by atoms with Gasteiger partial charge in [-0.1, -0.05) is 91.0 Å². The minimum Gasteiger partial charge on any atom is -0.497 e. The molecule has 0 saturated heterocycles. The van der Waals surface area contributed by atoms with Crippen molar-refractivity contribution < 1.29 is 87.0 Å². The minimum absolute atomic E-state index is 0.0603. The maximum absolute atomic E-state index is 12.2. The molecular weight excluding hydrogens is 1270 g/mol. The zero-order chi connectivity index (χ0) is 72.2. The molecule has 0 fully saturated rings. The van der Waals surface area contributed by atoms with E-state index in [-0.39, 0.29) is 63.4 Å². The van der Waals surface area contributed by atoms with E-state index in [1.165, 1.54) is 16.7 Å². The van der Waals surface area contributed by atoms with Crippen LogP contribution in [-0.4, -0.2) is 193 Å². The highest BCUT2D eigenvalue weighted by molar-refractivity contribution is 5.70. The molecule has 21 heteroatoms. The molecule has 99 heavy (non-hydrogen) atoms. The predicted octanol–water partition coefficient (Wildman–Crippen LogP) is 11.7. The third kappa shape index (κ3) is 37.2. The number of rotatable bonds is 46. The van der Waals surface area contributed by atoms with Crippen molar-refractivity contribution in [1.82, 2.24) is 14.7 Å². The lowest BCUT2D eigenvalue weighted by atomic mass is 10.0. The molecule has 6 rings (SSSR count). The van der Waals surface area contributed by atoms with Gasteiger partial charge in [0.05, 0.1) is 21.3 Å². The van der Waals surface area contributed by atoms with Crippen molar-refractivity contribution in [3.63, 3.8) is 0 Å². The van der Waals surface area contributed by atoms with E-state index in [9.17, 15) is 29.1 Å². The Balaban J connectivity index is 0.000000315. The molecule has 4 N–H and O–H groups in total. The van der Waals surface area contributed by atoms with E-state index < -0.39 is 36.4 Å². The van der Waals surface area contributed by atoms with Gasteiger partial charge in [0.1, 0.15) is 72.6 Å². The highest BCUT2D eigenvalue weighted by atomic mass is 16.6. The summed E-state index contributed by atoms with van der Waals surface area (Å²) in [5.74, 6) is 1.71. The number of carboxylic acids is 3. The van der Waals surface area contributed by atoms with Gasteiger partial charge < -0.3 is 77.8 Å². The number of aliphatic hydroxyl groups excluding tert-OH is 1. The number of carbonyl (C=O) groups is 5. The SMILES string of the molecule is COc1ccc(CCc2ccccc2OCC(CN(C)C)OC(=O)CCCCC(=O)O)cc1.COc1ccc(CCc2ccccc2OC[C@@H](CN(C)C)OC(O)CCCCC(=O)O)cc1.COc1ccc(CCc2ccccc2OC[C@H](CN(C)C)OC(=O)CCCCC(=O)O)cc1. The molecule has 0 amide bonds. The Morgan fingerprint density at radius 1 is 0.364 bits per heavy atom. The van der Waals surface area contributed by atoms with Crippen molar-refractivity contribution in [1.29, 1.82) is 0 Å². The average molecular weight is 1370 g/mol. The summed E-state index contributed by atoms with van der Waals surface area (Å²) in [7, 11) is 16.5. The Labute approximate surface area is 585 Å². The van der Waals surface area contributed by atoms with Crippen LogP contribution in [-0.2, 0) is 76.7 Å². The number of hydrogen-bond acceptors (Lipinski definition) is 18. The molecule has 0 aliphatic heterocycles. The number of benzene rings is 6. The van der Waals surface area contributed by atoms with Gasteiger partial charge in [-0.15, -0.1) is 0 Å². The van der Waals surface area contributed by atoms with Crippen LogP contribution < -0.4 is 28.4 Å². The van der Waals surface area contributed by atoms with Crippen LogP contribution in [0.15, 0.2) is 146 Å². The van der Waals surface area contributed by atoms with Crippen LogP contribution in [0, 0.1) is 0 Å². The van der Waals surface area contributed by atoms with Crippen LogP contribution in [0.1, 0.15) is 110 Å². The van der Waals surface area contributed by atoms with Gasteiger partial charge in [0.15, 0.2) is 6.29 Å². The zero-order valence-corrected chi connectivity index (χ0v) is 59.5. The molecule has 6 aromatic carbocycles. The molecule has 2 unspecified atom stereocenters. The average Bonchev–Trinajstić information content (AvgIpc) is 0.925. The van der Waals surface area contributed by atoms with Crippen LogP contribution in [0.25, 0.3) is 0 Å². The Hall–Kier alpha value is -8.73. The van der Waals surface area contributed by atoms with E-state index in [0.717, 1.165) is 89.7 Å². The molecule has 4 atom stereocenters. The molecule has 0 aliphatic rings. The van der Waals surface area contributed by atoms with E-state index in [2.05, 4.69) is 42.5 Å². The van der Waals surface area contributed by atoms with Crippen molar-refractivity contribution >= 4 is 29.8 Å². The Kier molecular flexibility index (Phi) is 40.2. The van der Waals surface area contributed by atoms with Gasteiger partial charge in [-0.3, -0.25) is 24.0 Å². The number of methoxy groups -OCH3 is 3. The number of carboxylic acid groups (broad SMARTS) is 3. The summed E-state index contributed by atoms with van der Waals surface area (Å²) in [6.07, 6.45) is 7.08. The normalized spacial score (nSPS) is 12.2. The lowest BCUT2D eigenvalue weighted by molar-refractivity contribution is -0.152. The van der Waals surface area contributed by atoms with Crippen molar-refractivity contribution in [3.8, 4) is 34.5 Å². The topological polar surface area (TPSA) is 259 Å². The maximum Gasteiger partial charge on any atom is 0.306 e. The largest absolute Gasteiger partial charge is 0.497 e. The van der Waals surface area contributed by atoms with E-state index in [1.807, 2.05) is 160 Å². The molecular formula is C78H107N3O18. The van der Waals surface area contributed by atoms with Crippen LogP contribution in [0.4, 0.5) is 0 Å². The number of aryl methyl sites for hydroxylation is 6. The summed E-state index contributed by atoms with van der Waals surface area (Å²) < 4.78 is 51.0. The van der Waals surface area contributed by atoms with Crippen molar-refractivity contribution in [2.45, 2.75) is 140 Å². The monoisotopic (exact) mass is 1370 g/mol. The molecule has 6 aromatic rings. The van der Waals surface area contributed by atoms with Gasteiger partial charge in [0.2, 0.25) is 0 Å². The maximum atomic E-state index is 12.2. The number of esters is 2. The summed E-state index contributed by atoms with van der Waals surface area (Å²) in [6, 6.07) is 47.9. The lowest BCUT2D eigenvalue weighted by Gasteiger charge is -2.25. The molecule has 0 radical (unpaired) electrons. The fourth-order valence-corrected chi connectivity index (χ4v) is 10.4. The summed E-state index contributed by atoms with van der Waals surface area (Å²) >= 11 is 0. The number of hydrogen-bond donors (Lipinski definition) is 4. The van der Waals surface area contributed by atoms with E-state index in [1.54, 1.807) is 21.3 Å². The first-order valence-corrected chi connectivity index (χ1v) is 33.9. The number of ether oxygens (including phenoxy) is 9. The van der Waals surface area contributed by atoms with Gasteiger partial charge in [-0.25, -0.2) is 0 Å². The van der Waals surface area contributed by atoms with Crippen LogP contribution in [0.5, 0.6) is 34.5 Å². The van der Waals surface area contributed by atoms with Crippen LogP contribution in [0.3, 0.4) is 0 Å². The molecule has 0 aromatic heterocycles. The molecule has 0 bridgehead atoms. The van der Waals surface area contributed by atoms with Crippen molar-refractivity contribution in [2.75, 3.05) is 103 Å². The molecule has 542 valence electrons. The van der Waals surface area contributed by atoms with Crippen LogP contribution in [0.2, 0.25) is 0 Å². The number of likely N-dealkylation sites (N-methyl/N-ethyl adjacent to an activating group) is 3. The highest BCUT2D eigenvalue weighted by Gasteiger charge is 2.21. The molecule has 0 saturated carbocycles. The van der Waals surface area contributed by atoms with Crippen LogP contribution >= 0.6 is 0 Å². The van der Waals surface area contributed by atoms with Gasteiger partial charge >= 0.3 is 29.8 Å². The van der Waals surface area contributed by atoms with Crippen molar-refractivity contribution in [3.05, 3.63) is 179 Å². The molecule has 0 heterocycles. The number of aliphatic carboxylic acids is 3. The predicted molar refractivity (Wildman–Crippen MR) is 382 cm³/mol. The number of nitrogens with zero attached hydrogens (tertiary/aromatic N) is 3. The Morgan fingerprint density at radius 3 is 0.949 bits per heavy atom. The molecule has 0 aliphatic carbocycles. The fourth-order valence-electron chi connectivity index (χ4n) is 10.4. The highest BCUT2D eigenvalue weighted by Crippen LogP contribution is 2.26. The third-order valence-corrected chi connectivity index (χ3v) is 15.5. The minimum atomic E-state index is -0.947. The quantitative estimate of drug-likeness (QED) is 0.0157. The van der Waals surface area contributed by atoms with E-state index in [0.29, 0.717) is 71.2 Å². The van der Waals surface area contributed by atoms with Gasteiger partial charge in [-0.05, 0) is 214 Å². The number of aliphatic hydroxyl groups is 1. The summed E-state index contributed by atoms with van der Waals surface area (Å²) in [5.41, 5.74) is 6.96. The summed E-state index contributed by atoms with van der Waals surface area (Å²) in [4.78, 5) is 62.1. The van der Waals surface area contributed by atoms with E-state index >= 15 is 0 Å². The van der Waals surface area contributed by atoms with E-state index in [4.69, 9.17) is 58.0 Å². The van der Waals surface area contributed by atoms with Gasteiger partial charge in [0.25, 0.3) is 0 Å². The molecule has 0 spiro atoms. The number of carbonyl (C=O) groups excluding carboxylic acids is 2. The molecule has 21 nitrogen and oxygen atoms in total. The lowest BCUT2D eigenvalue weighted by Crippen LogP contribution is -2.36. The Morgan fingerprint density at radius 2 is 0.646 bits per heavy atom. The standard InChI is InChI=1S/C26H37NO6.2C26H35NO6/c3*1-27(2)18-23(33-26(30)11-7-6-10-25(28)29)19-32-24-9-5-4-8-21(24)15-12-20-13-16-22(31-3)17-14-20/h4-5,8-9,13-14,16-17,23,26,30H,6-7,10-12,15,18-19H2,1-3H3,(H,28,29);2*4-5,8-9,13-14,16-17,23H,6-7,10-12,15,18-19H2,1-3H3,(H,28,29)/t23-,26?;23-;/m10./s1. The smallest absolute Gasteiger partial charge is 0.306 e. The summed E-state index contributed by atoms with van der Waals surface area (Å²) in [5, 5.41) is 36.4.